The van der Waals surface area contributed by atoms with Crippen molar-refractivity contribution in [1.29, 1.82) is 0 Å². The molecule has 0 saturated carbocycles. The maximum Gasteiger partial charge on any atom is 0.256 e. The van der Waals surface area contributed by atoms with Crippen molar-refractivity contribution >= 4 is 17.5 Å². The van der Waals surface area contributed by atoms with E-state index in [1.165, 1.54) is 12.8 Å². The van der Waals surface area contributed by atoms with Gasteiger partial charge in [0.05, 0.1) is 0 Å². The second-order valence-electron chi connectivity index (χ2n) is 4.95. The lowest BCUT2D eigenvalue weighted by Crippen LogP contribution is -2.21. The van der Waals surface area contributed by atoms with Gasteiger partial charge in [0.15, 0.2) is 0 Å². The number of halogens is 1. The summed E-state index contributed by atoms with van der Waals surface area (Å²) in [6.07, 6.45) is 9.11. The van der Waals surface area contributed by atoms with Crippen LogP contribution in [0, 0.1) is 0 Å². The van der Waals surface area contributed by atoms with E-state index >= 15 is 0 Å². The number of nitrogens with zero attached hydrogens (tertiary/aromatic N) is 5. The minimum absolute atomic E-state index is 0.170. The largest absolute Gasteiger partial charge is 0.351 e. The fourth-order valence-electron chi connectivity index (χ4n) is 2.16. The quantitative estimate of drug-likeness (QED) is 0.808. The molecule has 21 heavy (non-hydrogen) atoms. The average Bonchev–Trinajstić information content (AvgIpc) is 2.98. The van der Waals surface area contributed by atoms with Crippen LogP contribution in [-0.4, -0.2) is 30.8 Å². The molecular formula is C14H21ClN6. The van der Waals surface area contributed by atoms with Crippen molar-refractivity contribution in [2.45, 2.75) is 52.0 Å². The molecule has 1 atom stereocenters. The standard InChI is InChI=1S/C14H21ClN6/c1-3-5-8-11(7-4-2)17-13-18-12(15)19-14(20-13)21-10-6-9-16-21/h6,9-11H,3-5,7-8H2,1-2H3,(H,17,18,19,20). The van der Waals surface area contributed by atoms with Crippen LogP contribution in [0.3, 0.4) is 0 Å². The zero-order chi connectivity index (χ0) is 15.1. The molecule has 0 amide bonds. The van der Waals surface area contributed by atoms with Crippen LogP contribution in [-0.2, 0) is 0 Å². The zero-order valence-corrected chi connectivity index (χ0v) is 13.2. The number of unbranched alkanes of at least 4 members (excludes halogenated alkanes) is 1. The molecule has 0 aliphatic rings. The van der Waals surface area contributed by atoms with E-state index in [9.17, 15) is 0 Å². The first-order valence-corrected chi connectivity index (χ1v) is 7.78. The molecule has 6 nitrogen and oxygen atoms in total. The highest BCUT2D eigenvalue weighted by Crippen LogP contribution is 2.14. The Morgan fingerprint density at radius 2 is 2.05 bits per heavy atom. The number of hydrogen-bond acceptors (Lipinski definition) is 5. The summed E-state index contributed by atoms with van der Waals surface area (Å²) in [4.78, 5) is 12.6. The fraction of sp³-hybridized carbons (Fsp3) is 0.571. The summed E-state index contributed by atoms with van der Waals surface area (Å²) in [5, 5.41) is 7.65. The van der Waals surface area contributed by atoms with E-state index in [1.54, 1.807) is 17.1 Å². The third-order valence-corrected chi connectivity index (χ3v) is 3.35. The van der Waals surface area contributed by atoms with E-state index in [2.05, 4.69) is 39.2 Å². The maximum atomic E-state index is 5.99. The highest BCUT2D eigenvalue weighted by atomic mass is 35.5. The zero-order valence-electron chi connectivity index (χ0n) is 12.5. The third-order valence-electron chi connectivity index (χ3n) is 3.18. The molecule has 0 fully saturated rings. The van der Waals surface area contributed by atoms with Crippen LogP contribution in [0.15, 0.2) is 18.5 Å². The second kappa shape index (κ2) is 7.93. The van der Waals surface area contributed by atoms with Gasteiger partial charge >= 0.3 is 0 Å². The van der Waals surface area contributed by atoms with Gasteiger partial charge < -0.3 is 5.32 Å². The van der Waals surface area contributed by atoms with Crippen molar-refractivity contribution in [2.24, 2.45) is 0 Å². The monoisotopic (exact) mass is 308 g/mol. The first-order valence-electron chi connectivity index (χ1n) is 7.41. The van der Waals surface area contributed by atoms with E-state index in [-0.39, 0.29) is 5.28 Å². The summed E-state index contributed by atoms with van der Waals surface area (Å²) < 4.78 is 1.57. The number of anilines is 1. The minimum Gasteiger partial charge on any atom is -0.351 e. The van der Waals surface area contributed by atoms with Crippen LogP contribution in [0.25, 0.3) is 5.95 Å². The van der Waals surface area contributed by atoms with E-state index in [1.807, 2.05) is 6.07 Å². The molecule has 0 spiro atoms. The Balaban J connectivity index is 2.14. The van der Waals surface area contributed by atoms with Crippen LogP contribution in [0.1, 0.15) is 46.0 Å². The van der Waals surface area contributed by atoms with Gasteiger partial charge in [0.25, 0.3) is 5.95 Å². The van der Waals surface area contributed by atoms with Gasteiger partial charge in [0.1, 0.15) is 0 Å². The summed E-state index contributed by atoms with van der Waals surface area (Å²) in [6.45, 7) is 4.37. The molecule has 2 rings (SSSR count). The van der Waals surface area contributed by atoms with Gasteiger partial charge in [-0.2, -0.15) is 20.1 Å². The van der Waals surface area contributed by atoms with Gasteiger partial charge in [-0.25, -0.2) is 4.68 Å². The number of hydrogen-bond donors (Lipinski definition) is 1. The molecule has 114 valence electrons. The van der Waals surface area contributed by atoms with Gasteiger partial charge in [-0.1, -0.05) is 33.1 Å². The minimum atomic E-state index is 0.170. The topological polar surface area (TPSA) is 68.5 Å². The molecule has 0 bridgehead atoms. The Morgan fingerprint density at radius 3 is 2.71 bits per heavy atom. The number of aromatic nitrogens is 5. The molecule has 0 saturated heterocycles. The predicted octanol–water partition coefficient (Wildman–Crippen LogP) is 3.48. The smallest absolute Gasteiger partial charge is 0.256 e. The molecule has 2 aromatic rings. The Labute approximate surface area is 130 Å². The fourth-order valence-corrected chi connectivity index (χ4v) is 2.32. The number of rotatable bonds is 8. The molecule has 1 N–H and O–H groups in total. The Kier molecular flexibility index (Phi) is 5.92. The van der Waals surface area contributed by atoms with E-state index in [0.717, 1.165) is 19.3 Å². The van der Waals surface area contributed by atoms with Crippen molar-refractivity contribution in [2.75, 3.05) is 5.32 Å². The van der Waals surface area contributed by atoms with Crippen LogP contribution in [0.4, 0.5) is 5.95 Å². The van der Waals surface area contributed by atoms with Crippen molar-refractivity contribution < 1.29 is 0 Å². The maximum absolute atomic E-state index is 5.99. The Hall–Kier alpha value is -1.69. The normalized spacial score (nSPS) is 12.3. The van der Waals surface area contributed by atoms with Gasteiger partial charge in [0.2, 0.25) is 11.2 Å². The lowest BCUT2D eigenvalue weighted by Gasteiger charge is -2.18. The third kappa shape index (κ3) is 4.67. The predicted molar refractivity (Wildman–Crippen MR) is 83.8 cm³/mol. The van der Waals surface area contributed by atoms with Crippen molar-refractivity contribution in [3.05, 3.63) is 23.7 Å². The SMILES string of the molecule is CCCCC(CCC)Nc1nc(Cl)nc(-n2cccn2)n1. The molecule has 0 radical (unpaired) electrons. The lowest BCUT2D eigenvalue weighted by molar-refractivity contribution is 0.560. The van der Waals surface area contributed by atoms with Gasteiger partial charge in [-0.15, -0.1) is 0 Å². The van der Waals surface area contributed by atoms with E-state index in [4.69, 9.17) is 11.6 Å². The van der Waals surface area contributed by atoms with Crippen LogP contribution < -0.4 is 5.32 Å². The molecule has 2 heterocycles. The summed E-state index contributed by atoms with van der Waals surface area (Å²) in [5.74, 6) is 0.934. The summed E-state index contributed by atoms with van der Waals surface area (Å²) >= 11 is 5.99. The molecule has 0 aromatic carbocycles. The van der Waals surface area contributed by atoms with Crippen LogP contribution in [0.2, 0.25) is 5.28 Å². The van der Waals surface area contributed by atoms with Crippen LogP contribution >= 0.6 is 11.6 Å². The average molecular weight is 309 g/mol. The van der Waals surface area contributed by atoms with E-state index < -0.39 is 0 Å². The summed E-state index contributed by atoms with van der Waals surface area (Å²) in [5.41, 5.74) is 0. The second-order valence-corrected chi connectivity index (χ2v) is 5.29. The molecule has 0 aliphatic heterocycles. The first-order chi connectivity index (χ1) is 10.2. The highest BCUT2D eigenvalue weighted by molar-refractivity contribution is 6.28. The highest BCUT2D eigenvalue weighted by Gasteiger charge is 2.12. The van der Waals surface area contributed by atoms with E-state index in [0.29, 0.717) is 17.9 Å². The molecule has 0 aliphatic carbocycles. The molecule has 2 aromatic heterocycles. The summed E-state index contributed by atoms with van der Waals surface area (Å²) in [7, 11) is 0. The Bertz CT molecular complexity index is 542. The first kappa shape index (κ1) is 15.7. The van der Waals surface area contributed by atoms with Crippen molar-refractivity contribution in [1.82, 2.24) is 24.7 Å². The van der Waals surface area contributed by atoms with Gasteiger partial charge in [0, 0.05) is 18.4 Å². The molecule has 7 heteroatoms. The van der Waals surface area contributed by atoms with Crippen molar-refractivity contribution in [3.63, 3.8) is 0 Å². The van der Waals surface area contributed by atoms with Crippen LogP contribution in [0.5, 0.6) is 0 Å². The molecular weight excluding hydrogens is 288 g/mol. The summed E-state index contributed by atoms with van der Waals surface area (Å²) in [6, 6.07) is 2.17. The van der Waals surface area contributed by atoms with Gasteiger partial charge in [-0.05, 0) is 30.5 Å². The lowest BCUT2D eigenvalue weighted by atomic mass is 10.1. The van der Waals surface area contributed by atoms with Gasteiger partial charge in [-0.3, -0.25) is 0 Å². The van der Waals surface area contributed by atoms with Crippen molar-refractivity contribution in [3.8, 4) is 5.95 Å². The number of nitrogens with one attached hydrogen (secondary N) is 1. The Morgan fingerprint density at radius 1 is 1.19 bits per heavy atom. The molecule has 1 unspecified atom stereocenters.